The van der Waals surface area contributed by atoms with Gasteiger partial charge in [0, 0.05) is 12.5 Å². The lowest BCUT2D eigenvalue weighted by molar-refractivity contribution is -0.718. The summed E-state index contributed by atoms with van der Waals surface area (Å²) in [5.41, 5.74) is 0. The third kappa shape index (κ3) is 3.67. The fraction of sp³-hybridized carbons (Fsp3) is 0.632. The van der Waals surface area contributed by atoms with Gasteiger partial charge in [0.25, 0.3) is 11.7 Å². The largest absolute Gasteiger partial charge is 0.342 e. The van der Waals surface area contributed by atoms with Crippen LogP contribution in [0, 0.1) is 0 Å². The minimum atomic E-state index is -0.262. The lowest BCUT2D eigenvalue weighted by Crippen LogP contribution is -3.03. The molecule has 7 nitrogen and oxygen atoms in total. The monoisotopic (exact) mass is 359 g/mol. The molecule has 7 heteroatoms. The standard InChI is InChI=1S/C19H27N5O2/c25-18(13-16-19(26)22-15-6-2-1-5-14(15)21-16)24-11-9-23(10-12-24)17-7-3-4-8-20-17/h3-4,7-8,14-16,21H,1-2,5-6,9-13H2,(H,22,26)/p+2/t14-,15+,16-/m0/s1. The molecule has 1 aromatic heterocycles. The van der Waals surface area contributed by atoms with Crippen molar-refractivity contribution >= 4 is 17.6 Å². The number of nitrogens with two attached hydrogens (primary N) is 1. The van der Waals surface area contributed by atoms with Crippen molar-refractivity contribution in [3.05, 3.63) is 24.4 Å². The predicted molar refractivity (Wildman–Crippen MR) is 96.3 cm³/mol. The number of aromatic nitrogens is 1. The lowest BCUT2D eigenvalue weighted by atomic mass is 9.87. The van der Waals surface area contributed by atoms with Crippen LogP contribution in [0.4, 0.5) is 5.82 Å². The first-order valence-electron chi connectivity index (χ1n) is 9.85. The number of quaternary nitrogens is 1. The van der Waals surface area contributed by atoms with E-state index in [-0.39, 0.29) is 17.9 Å². The zero-order valence-electron chi connectivity index (χ0n) is 15.2. The van der Waals surface area contributed by atoms with Gasteiger partial charge >= 0.3 is 0 Å². The molecule has 0 unspecified atom stereocenters. The van der Waals surface area contributed by atoms with Crippen molar-refractivity contribution in [2.75, 3.05) is 31.1 Å². The molecule has 1 aromatic rings. The Morgan fingerprint density at radius 1 is 1.19 bits per heavy atom. The van der Waals surface area contributed by atoms with Crippen LogP contribution < -0.4 is 20.5 Å². The fourth-order valence-electron chi connectivity index (χ4n) is 4.50. The third-order valence-corrected chi connectivity index (χ3v) is 6.02. The fourth-order valence-corrected chi connectivity index (χ4v) is 4.50. The number of nitrogens with zero attached hydrogens (tertiary/aromatic N) is 2. The number of nitrogens with one attached hydrogen (secondary N) is 2. The van der Waals surface area contributed by atoms with Gasteiger partial charge < -0.3 is 15.5 Å². The molecule has 3 atom stereocenters. The molecule has 0 aromatic carbocycles. The van der Waals surface area contributed by atoms with E-state index in [9.17, 15) is 9.59 Å². The number of carbonyl (C=O) groups excluding carboxylic acids is 2. The highest BCUT2D eigenvalue weighted by Gasteiger charge is 2.41. The summed E-state index contributed by atoms with van der Waals surface area (Å²) < 4.78 is 0. The number of anilines is 1. The summed E-state index contributed by atoms with van der Waals surface area (Å²) in [4.78, 5) is 32.5. The van der Waals surface area contributed by atoms with Crippen molar-refractivity contribution in [2.45, 2.75) is 50.2 Å². The van der Waals surface area contributed by atoms with E-state index in [0.717, 1.165) is 31.7 Å². The number of carbonyl (C=O) groups is 2. The van der Waals surface area contributed by atoms with Gasteiger partial charge in [-0.25, -0.2) is 4.98 Å². The number of hydrogen-bond donors (Lipinski definition) is 2. The maximum absolute atomic E-state index is 12.7. The smallest absolute Gasteiger partial charge is 0.279 e. The Labute approximate surface area is 154 Å². The van der Waals surface area contributed by atoms with Crippen LogP contribution in [0.25, 0.3) is 0 Å². The highest BCUT2D eigenvalue weighted by molar-refractivity contribution is 5.87. The third-order valence-electron chi connectivity index (χ3n) is 6.02. The van der Waals surface area contributed by atoms with E-state index < -0.39 is 0 Å². The van der Waals surface area contributed by atoms with E-state index in [4.69, 9.17) is 0 Å². The van der Waals surface area contributed by atoms with Crippen LogP contribution >= 0.6 is 0 Å². The van der Waals surface area contributed by atoms with Crippen LogP contribution in [0.15, 0.2) is 24.4 Å². The lowest BCUT2D eigenvalue weighted by Gasteiger charge is -2.38. The molecule has 4 N–H and O–H groups in total. The van der Waals surface area contributed by atoms with Gasteiger partial charge in [-0.2, -0.15) is 0 Å². The number of amides is 2. The van der Waals surface area contributed by atoms with Crippen LogP contribution in [0.3, 0.4) is 0 Å². The summed E-state index contributed by atoms with van der Waals surface area (Å²) in [6.07, 6.45) is 6.87. The normalized spacial score (nSPS) is 29.1. The Morgan fingerprint density at radius 2 is 2.00 bits per heavy atom. The number of piperazine rings is 2. The Bertz CT molecular complexity index is 645. The van der Waals surface area contributed by atoms with Crippen LogP contribution in [0.1, 0.15) is 32.1 Å². The van der Waals surface area contributed by atoms with Crippen molar-refractivity contribution in [1.82, 2.24) is 10.2 Å². The summed E-state index contributed by atoms with van der Waals surface area (Å²) in [5.74, 6) is 1.23. The number of rotatable bonds is 3. The molecular weight excluding hydrogens is 330 g/mol. The SMILES string of the molecule is O=C1N[C@@H]2CCCC[C@@H]2[NH2+][C@H]1CC(=O)N1CCN(c2cccc[nH+]2)CC1. The van der Waals surface area contributed by atoms with Crippen molar-refractivity contribution in [3.63, 3.8) is 0 Å². The Kier molecular flexibility index (Phi) is 5.06. The summed E-state index contributed by atoms with van der Waals surface area (Å²) in [5, 5.41) is 5.31. The molecule has 140 valence electrons. The Morgan fingerprint density at radius 3 is 2.77 bits per heavy atom. The zero-order chi connectivity index (χ0) is 17.9. The Balaban J connectivity index is 1.29. The van der Waals surface area contributed by atoms with Crippen LogP contribution in [-0.2, 0) is 9.59 Å². The van der Waals surface area contributed by atoms with Gasteiger partial charge in [0.1, 0.15) is 19.1 Å². The topological polar surface area (TPSA) is 83.4 Å². The molecule has 1 aliphatic carbocycles. The molecule has 0 radical (unpaired) electrons. The summed E-state index contributed by atoms with van der Waals surface area (Å²) in [6.45, 7) is 3.05. The van der Waals surface area contributed by atoms with Gasteiger partial charge in [-0.1, -0.05) is 12.5 Å². The van der Waals surface area contributed by atoms with Crippen LogP contribution in [0.5, 0.6) is 0 Å². The van der Waals surface area contributed by atoms with E-state index >= 15 is 0 Å². The average Bonchev–Trinajstić information content (AvgIpc) is 2.69. The van der Waals surface area contributed by atoms with Gasteiger partial charge in [-0.15, -0.1) is 0 Å². The number of pyridine rings is 1. The molecule has 3 fully saturated rings. The van der Waals surface area contributed by atoms with Crippen molar-refractivity contribution < 1.29 is 19.9 Å². The molecule has 3 heterocycles. The van der Waals surface area contributed by atoms with Gasteiger partial charge in [-0.3, -0.25) is 14.5 Å². The van der Waals surface area contributed by atoms with Gasteiger partial charge in [-0.05, 0) is 18.9 Å². The zero-order valence-corrected chi connectivity index (χ0v) is 15.2. The highest BCUT2D eigenvalue weighted by atomic mass is 16.2. The van der Waals surface area contributed by atoms with Crippen LogP contribution in [0.2, 0.25) is 0 Å². The van der Waals surface area contributed by atoms with E-state index in [2.05, 4.69) is 26.6 Å². The molecule has 2 aliphatic heterocycles. The second kappa shape index (κ2) is 7.61. The quantitative estimate of drug-likeness (QED) is 0.720. The van der Waals surface area contributed by atoms with E-state index in [1.807, 2.05) is 23.2 Å². The van der Waals surface area contributed by atoms with Gasteiger partial charge in [0.2, 0.25) is 5.91 Å². The second-order valence-electron chi connectivity index (χ2n) is 7.68. The van der Waals surface area contributed by atoms with Crippen molar-refractivity contribution in [3.8, 4) is 0 Å². The number of aromatic amines is 1. The molecule has 0 bridgehead atoms. The molecule has 1 saturated carbocycles. The van der Waals surface area contributed by atoms with Gasteiger partial charge in [0.15, 0.2) is 6.04 Å². The average molecular weight is 359 g/mol. The molecule has 3 aliphatic rings. The maximum Gasteiger partial charge on any atom is 0.279 e. The van der Waals surface area contributed by atoms with Crippen molar-refractivity contribution in [1.29, 1.82) is 0 Å². The molecule has 4 rings (SSSR count). The summed E-state index contributed by atoms with van der Waals surface area (Å²) in [6, 6.07) is 6.52. The van der Waals surface area contributed by atoms with Crippen molar-refractivity contribution in [2.24, 2.45) is 0 Å². The van der Waals surface area contributed by atoms with E-state index in [0.29, 0.717) is 31.6 Å². The molecular formula is C19H29N5O2+2. The highest BCUT2D eigenvalue weighted by Crippen LogP contribution is 2.19. The first kappa shape index (κ1) is 17.3. The molecule has 2 amide bonds. The first-order chi connectivity index (χ1) is 12.7. The van der Waals surface area contributed by atoms with E-state index in [1.54, 1.807) is 0 Å². The number of H-pyrrole nitrogens is 1. The minimum Gasteiger partial charge on any atom is -0.342 e. The predicted octanol–water partition coefficient (Wildman–Crippen LogP) is -1.09. The first-order valence-corrected chi connectivity index (χ1v) is 9.85. The van der Waals surface area contributed by atoms with Crippen LogP contribution in [-0.4, -0.2) is 61.0 Å². The molecule has 0 spiro atoms. The minimum absolute atomic E-state index is 0.0408. The van der Waals surface area contributed by atoms with Gasteiger partial charge in [0.05, 0.1) is 31.7 Å². The van der Waals surface area contributed by atoms with E-state index in [1.165, 1.54) is 12.8 Å². The summed E-state index contributed by atoms with van der Waals surface area (Å²) >= 11 is 0. The Hall–Kier alpha value is -2.15. The maximum atomic E-state index is 12.7. The summed E-state index contributed by atoms with van der Waals surface area (Å²) in [7, 11) is 0. The number of hydrogen-bond acceptors (Lipinski definition) is 3. The molecule has 2 saturated heterocycles. The second-order valence-corrected chi connectivity index (χ2v) is 7.68. The number of fused-ring (bicyclic) bond motifs is 1. The molecule has 26 heavy (non-hydrogen) atoms.